The molecular formula is C17H22N2S. The van der Waals surface area contributed by atoms with Crippen LogP contribution < -0.4 is 5.73 Å². The highest BCUT2D eigenvalue weighted by Gasteiger charge is 2.12. The van der Waals surface area contributed by atoms with Crippen LogP contribution in [0.1, 0.15) is 37.6 Å². The third-order valence-electron chi connectivity index (χ3n) is 3.22. The molecule has 0 unspecified atom stereocenters. The van der Waals surface area contributed by atoms with E-state index in [-0.39, 0.29) is 5.41 Å². The molecule has 3 heteroatoms. The maximum atomic E-state index is 5.61. The first-order valence-corrected chi connectivity index (χ1v) is 7.85. The molecule has 0 bridgehead atoms. The smallest absolute Gasteiger partial charge is 0.0542 e. The highest BCUT2D eigenvalue weighted by atomic mass is 32.2. The summed E-state index contributed by atoms with van der Waals surface area (Å²) in [6.07, 6.45) is 1.83. The van der Waals surface area contributed by atoms with Gasteiger partial charge in [-0.15, -0.1) is 11.8 Å². The van der Waals surface area contributed by atoms with Crippen LogP contribution in [-0.4, -0.2) is 4.98 Å². The number of hydrogen-bond donors (Lipinski definition) is 1. The van der Waals surface area contributed by atoms with Crippen molar-refractivity contribution in [2.45, 2.75) is 43.4 Å². The molecule has 2 aromatic rings. The van der Waals surface area contributed by atoms with Gasteiger partial charge in [-0.2, -0.15) is 0 Å². The molecule has 2 N–H and O–H groups in total. The van der Waals surface area contributed by atoms with Crippen molar-refractivity contribution in [3.63, 3.8) is 0 Å². The van der Waals surface area contributed by atoms with Crippen molar-refractivity contribution in [3.05, 3.63) is 59.4 Å². The molecule has 1 aromatic carbocycles. The molecule has 2 nitrogen and oxygen atoms in total. The summed E-state index contributed by atoms with van der Waals surface area (Å²) < 4.78 is 0. The molecule has 0 spiro atoms. The Bertz CT molecular complexity index is 556. The quantitative estimate of drug-likeness (QED) is 0.859. The fourth-order valence-electron chi connectivity index (χ4n) is 1.95. The van der Waals surface area contributed by atoms with Crippen molar-refractivity contribution in [1.29, 1.82) is 0 Å². The maximum absolute atomic E-state index is 5.61. The van der Waals surface area contributed by atoms with Gasteiger partial charge < -0.3 is 5.73 Å². The van der Waals surface area contributed by atoms with Gasteiger partial charge in [0.2, 0.25) is 0 Å². The van der Waals surface area contributed by atoms with E-state index in [2.05, 4.69) is 62.2 Å². The molecule has 0 radical (unpaired) electrons. The van der Waals surface area contributed by atoms with Gasteiger partial charge in [-0.25, -0.2) is 0 Å². The molecule has 0 amide bonds. The summed E-state index contributed by atoms with van der Waals surface area (Å²) >= 11 is 1.84. The predicted molar refractivity (Wildman–Crippen MR) is 86.8 cm³/mol. The molecule has 0 fully saturated rings. The summed E-state index contributed by atoms with van der Waals surface area (Å²) in [6.45, 7) is 7.21. The van der Waals surface area contributed by atoms with Gasteiger partial charge in [0.05, 0.1) is 5.69 Å². The largest absolute Gasteiger partial charge is 0.325 e. The number of benzene rings is 1. The summed E-state index contributed by atoms with van der Waals surface area (Å²) in [5, 5.41) is 0. The lowest BCUT2D eigenvalue weighted by Crippen LogP contribution is -2.10. The minimum atomic E-state index is 0.213. The van der Waals surface area contributed by atoms with E-state index in [0.29, 0.717) is 6.54 Å². The zero-order valence-corrected chi connectivity index (χ0v) is 13.2. The Morgan fingerprint density at radius 2 is 1.80 bits per heavy atom. The summed E-state index contributed by atoms with van der Waals surface area (Å²) in [5.41, 5.74) is 9.42. The fourth-order valence-corrected chi connectivity index (χ4v) is 2.79. The van der Waals surface area contributed by atoms with Crippen molar-refractivity contribution in [2.75, 3.05) is 0 Å². The molecule has 0 aliphatic carbocycles. The molecule has 2 rings (SSSR count). The molecule has 1 heterocycles. The highest BCUT2D eigenvalue weighted by Crippen LogP contribution is 2.27. The normalized spacial score (nSPS) is 11.6. The SMILES string of the molecule is CC(C)(C)c1ccc(SCc2ccnc(CN)c2)cc1. The van der Waals surface area contributed by atoms with Gasteiger partial charge in [0.25, 0.3) is 0 Å². The van der Waals surface area contributed by atoms with E-state index >= 15 is 0 Å². The molecule has 0 aliphatic rings. The summed E-state index contributed by atoms with van der Waals surface area (Å²) in [6, 6.07) is 13.0. The van der Waals surface area contributed by atoms with Crippen LogP contribution in [0.4, 0.5) is 0 Å². The highest BCUT2D eigenvalue weighted by molar-refractivity contribution is 7.98. The van der Waals surface area contributed by atoms with E-state index < -0.39 is 0 Å². The Balaban J connectivity index is 2.00. The number of rotatable bonds is 4. The van der Waals surface area contributed by atoms with Crippen LogP contribution in [0.25, 0.3) is 0 Å². The Kier molecular flexibility index (Phi) is 4.84. The first-order chi connectivity index (χ1) is 9.49. The van der Waals surface area contributed by atoms with Gasteiger partial charge in [-0.05, 0) is 40.8 Å². The Labute approximate surface area is 125 Å². The van der Waals surface area contributed by atoms with Gasteiger partial charge >= 0.3 is 0 Å². The van der Waals surface area contributed by atoms with Crippen LogP contribution in [0.15, 0.2) is 47.5 Å². The third-order valence-corrected chi connectivity index (χ3v) is 4.30. The van der Waals surface area contributed by atoms with E-state index in [1.165, 1.54) is 16.0 Å². The minimum absolute atomic E-state index is 0.213. The van der Waals surface area contributed by atoms with Crippen LogP contribution in [0, 0.1) is 0 Å². The van der Waals surface area contributed by atoms with Gasteiger partial charge in [-0.3, -0.25) is 4.98 Å². The van der Waals surface area contributed by atoms with Crippen LogP contribution in [0.3, 0.4) is 0 Å². The van der Waals surface area contributed by atoms with Crippen LogP contribution in [0.2, 0.25) is 0 Å². The van der Waals surface area contributed by atoms with Crippen molar-refractivity contribution < 1.29 is 0 Å². The lowest BCUT2D eigenvalue weighted by atomic mass is 9.87. The molecule has 1 aromatic heterocycles. The maximum Gasteiger partial charge on any atom is 0.0542 e. The second kappa shape index (κ2) is 6.42. The van der Waals surface area contributed by atoms with Gasteiger partial charge in [0.15, 0.2) is 0 Å². The molecule has 0 atom stereocenters. The third kappa shape index (κ3) is 4.09. The molecule has 0 saturated heterocycles. The lowest BCUT2D eigenvalue weighted by molar-refractivity contribution is 0.590. The summed E-state index contributed by atoms with van der Waals surface area (Å²) in [5.74, 6) is 0.949. The fraction of sp³-hybridized carbons (Fsp3) is 0.353. The van der Waals surface area contributed by atoms with Gasteiger partial charge in [-0.1, -0.05) is 32.9 Å². The second-order valence-electron chi connectivity index (χ2n) is 5.92. The van der Waals surface area contributed by atoms with E-state index in [9.17, 15) is 0 Å². The Hall–Kier alpha value is -1.32. The van der Waals surface area contributed by atoms with Crippen molar-refractivity contribution >= 4 is 11.8 Å². The lowest BCUT2D eigenvalue weighted by Gasteiger charge is -2.19. The zero-order valence-electron chi connectivity index (χ0n) is 12.4. The Morgan fingerprint density at radius 3 is 2.40 bits per heavy atom. The van der Waals surface area contributed by atoms with E-state index in [0.717, 1.165) is 11.4 Å². The standard InChI is InChI=1S/C17H22N2S/c1-17(2,3)14-4-6-16(7-5-14)20-12-13-8-9-19-15(10-13)11-18/h4-10H,11-12,18H2,1-3H3. The van der Waals surface area contributed by atoms with Crippen molar-refractivity contribution in [3.8, 4) is 0 Å². The van der Waals surface area contributed by atoms with E-state index in [1.54, 1.807) is 0 Å². The van der Waals surface area contributed by atoms with Crippen molar-refractivity contribution in [2.24, 2.45) is 5.73 Å². The van der Waals surface area contributed by atoms with Crippen LogP contribution in [0.5, 0.6) is 0 Å². The molecule has 106 valence electrons. The average molecular weight is 286 g/mol. The van der Waals surface area contributed by atoms with Gasteiger partial charge in [0.1, 0.15) is 0 Å². The average Bonchev–Trinajstić information content (AvgIpc) is 2.45. The van der Waals surface area contributed by atoms with Crippen LogP contribution in [-0.2, 0) is 17.7 Å². The second-order valence-corrected chi connectivity index (χ2v) is 6.97. The number of nitrogens with zero attached hydrogens (tertiary/aromatic N) is 1. The van der Waals surface area contributed by atoms with Crippen molar-refractivity contribution in [1.82, 2.24) is 4.98 Å². The molecule has 0 saturated carbocycles. The minimum Gasteiger partial charge on any atom is -0.325 e. The van der Waals surface area contributed by atoms with Crippen LogP contribution >= 0.6 is 11.8 Å². The summed E-state index contributed by atoms with van der Waals surface area (Å²) in [4.78, 5) is 5.51. The Morgan fingerprint density at radius 1 is 1.10 bits per heavy atom. The predicted octanol–water partition coefficient (Wildman–Crippen LogP) is 4.13. The van der Waals surface area contributed by atoms with Gasteiger partial charge in [0, 0.05) is 23.4 Å². The molecular weight excluding hydrogens is 264 g/mol. The van der Waals surface area contributed by atoms with E-state index in [1.807, 2.05) is 18.0 Å². The monoisotopic (exact) mass is 286 g/mol. The molecule has 0 aliphatic heterocycles. The first kappa shape index (κ1) is 15.1. The topological polar surface area (TPSA) is 38.9 Å². The number of aromatic nitrogens is 1. The number of thioether (sulfide) groups is 1. The number of pyridine rings is 1. The first-order valence-electron chi connectivity index (χ1n) is 6.86. The van der Waals surface area contributed by atoms with E-state index in [4.69, 9.17) is 5.73 Å². The number of hydrogen-bond acceptors (Lipinski definition) is 3. The molecule has 20 heavy (non-hydrogen) atoms. The number of nitrogens with two attached hydrogens (primary N) is 1. The zero-order chi connectivity index (χ0) is 14.6. The summed E-state index contributed by atoms with van der Waals surface area (Å²) in [7, 11) is 0.